The summed E-state index contributed by atoms with van der Waals surface area (Å²) in [4.78, 5) is 4.65. The van der Waals surface area contributed by atoms with Crippen LogP contribution in [0.1, 0.15) is 39.5 Å². The summed E-state index contributed by atoms with van der Waals surface area (Å²) in [6.07, 6.45) is 7.64. The van der Waals surface area contributed by atoms with E-state index in [1.807, 2.05) is 0 Å². The molecule has 1 heterocycles. The molecule has 0 aromatic carbocycles. The van der Waals surface area contributed by atoms with Crippen LogP contribution in [0.4, 0.5) is 0 Å². The molecule has 0 spiro atoms. The Bertz CT molecular complexity index is 246. The number of nitrogens with zero attached hydrogens (tertiary/aromatic N) is 1. The van der Waals surface area contributed by atoms with E-state index in [0.29, 0.717) is 5.41 Å². The molecule has 1 nitrogen and oxygen atoms in total. The molecule has 0 bridgehead atoms. The maximum atomic E-state index is 4.65. The van der Waals surface area contributed by atoms with Gasteiger partial charge in [0, 0.05) is 17.7 Å². The van der Waals surface area contributed by atoms with Crippen LogP contribution in [0.5, 0.6) is 0 Å². The molecular formula is C11H17N. The molecule has 0 amide bonds. The second-order valence-electron chi connectivity index (χ2n) is 4.63. The third-order valence-corrected chi connectivity index (χ3v) is 2.72. The molecular weight excluding hydrogens is 146 g/mol. The standard InChI is InChI=1S/C11H17N/c1-11(2)7-9-5-3-4-6-10(9)12-8-11/h7H,3-6,8H2,1-2H3. The first-order valence-corrected chi connectivity index (χ1v) is 4.93. The number of rotatable bonds is 0. The van der Waals surface area contributed by atoms with Gasteiger partial charge in [-0.15, -0.1) is 0 Å². The predicted octanol–water partition coefficient (Wildman–Crippen LogP) is 2.97. The van der Waals surface area contributed by atoms with E-state index in [1.165, 1.54) is 37.0 Å². The third kappa shape index (κ3) is 1.45. The van der Waals surface area contributed by atoms with Gasteiger partial charge in [0.15, 0.2) is 0 Å². The van der Waals surface area contributed by atoms with Crippen molar-refractivity contribution < 1.29 is 0 Å². The van der Waals surface area contributed by atoms with E-state index in [-0.39, 0.29) is 0 Å². The average molecular weight is 163 g/mol. The molecule has 0 atom stereocenters. The minimum atomic E-state index is 0.316. The topological polar surface area (TPSA) is 12.4 Å². The summed E-state index contributed by atoms with van der Waals surface area (Å²) in [5, 5.41) is 0. The molecule has 1 aliphatic heterocycles. The quantitative estimate of drug-likeness (QED) is 0.520. The first kappa shape index (κ1) is 8.03. The van der Waals surface area contributed by atoms with E-state index in [1.54, 1.807) is 0 Å². The van der Waals surface area contributed by atoms with Crippen LogP contribution in [0.15, 0.2) is 16.6 Å². The van der Waals surface area contributed by atoms with E-state index < -0.39 is 0 Å². The minimum Gasteiger partial charge on any atom is -0.289 e. The summed E-state index contributed by atoms with van der Waals surface area (Å²) in [6, 6.07) is 0. The second-order valence-corrected chi connectivity index (χ2v) is 4.63. The molecule has 0 N–H and O–H groups in total. The summed E-state index contributed by atoms with van der Waals surface area (Å²) in [6.45, 7) is 5.54. The van der Waals surface area contributed by atoms with Gasteiger partial charge < -0.3 is 0 Å². The zero-order valence-corrected chi connectivity index (χ0v) is 8.06. The normalized spacial score (nSPS) is 27.2. The van der Waals surface area contributed by atoms with Gasteiger partial charge in [-0.3, -0.25) is 4.99 Å². The van der Waals surface area contributed by atoms with Gasteiger partial charge in [0.2, 0.25) is 0 Å². The third-order valence-electron chi connectivity index (χ3n) is 2.72. The number of fused-ring (bicyclic) bond motifs is 1. The Morgan fingerprint density at radius 2 is 2.00 bits per heavy atom. The molecule has 0 aromatic rings. The molecule has 1 heteroatoms. The summed E-state index contributed by atoms with van der Waals surface area (Å²) >= 11 is 0. The smallest absolute Gasteiger partial charge is 0.0478 e. The maximum absolute atomic E-state index is 4.65. The zero-order valence-electron chi connectivity index (χ0n) is 8.06. The molecule has 1 saturated carbocycles. The van der Waals surface area contributed by atoms with Crippen molar-refractivity contribution in [2.45, 2.75) is 39.5 Å². The van der Waals surface area contributed by atoms with Gasteiger partial charge in [-0.1, -0.05) is 19.9 Å². The summed E-state index contributed by atoms with van der Waals surface area (Å²) in [5.41, 5.74) is 3.26. The molecule has 2 rings (SSSR count). The van der Waals surface area contributed by atoms with Crippen molar-refractivity contribution in [3.63, 3.8) is 0 Å². The highest BCUT2D eigenvalue weighted by Crippen LogP contribution is 2.31. The Hall–Kier alpha value is -0.590. The molecule has 2 aliphatic rings. The predicted molar refractivity (Wildman–Crippen MR) is 52.6 cm³/mol. The Morgan fingerprint density at radius 1 is 1.25 bits per heavy atom. The Balaban J connectivity index is 2.24. The first-order chi connectivity index (χ1) is 5.67. The van der Waals surface area contributed by atoms with Crippen LogP contribution in [0.2, 0.25) is 0 Å². The van der Waals surface area contributed by atoms with E-state index in [2.05, 4.69) is 24.9 Å². The van der Waals surface area contributed by atoms with Crippen LogP contribution < -0.4 is 0 Å². The van der Waals surface area contributed by atoms with E-state index in [0.717, 1.165) is 6.54 Å². The van der Waals surface area contributed by atoms with Gasteiger partial charge >= 0.3 is 0 Å². The van der Waals surface area contributed by atoms with E-state index >= 15 is 0 Å². The Kier molecular flexibility index (Phi) is 1.82. The lowest BCUT2D eigenvalue weighted by atomic mass is 9.82. The van der Waals surface area contributed by atoms with Crippen molar-refractivity contribution in [3.8, 4) is 0 Å². The fourth-order valence-electron chi connectivity index (χ4n) is 2.07. The van der Waals surface area contributed by atoms with Crippen molar-refractivity contribution in [1.82, 2.24) is 0 Å². The lowest BCUT2D eigenvalue weighted by Crippen LogP contribution is -2.23. The lowest BCUT2D eigenvalue weighted by molar-refractivity contribution is 0.481. The van der Waals surface area contributed by atoms with Gasteiger partial charge in [0.25, 0.3) is 0 Å². The molecule has 0 unspecified atom stereocenters. The van der Waals surface area contributed by atoms with Crippen LogP contribution in [0.3, 0.4) is 0 Å². The maximum Gasteiger partial charge on any atom is 0.0478 e. The highest BCUT2D eigenvalue weighted by atomic mass is 14.8. The fraction of sp³-hybridized carbons (Fsp3) is 0.727. The van der Waals surface area contributed by atoms with Crippen LogP contribution in [0.25, 0.3) is 0 Å². The van der Waals surface area contributed by atoms with Gasteiger partial charge in [-0.2, -0.15) is 0 Å². The summed E-state index contributed by atoms with van der Waals surface area (Å²) in [7, 11) is 0. The number of hydrogen-bond acceptors (Lipinski definition) is 1. The SMILES string of the molecule is CC1(C)C=C2CCCCC2=NC1. The molecule has 0 radical (unpaired) electrons. The van der Waals surface area contributed by atoms with E-state index in [4.69, 9.17) is 0 Å². The van der Waals surface area contributed by atoms with Crippen molar-refractivity contribution >= 4 is 5.71 Å². The van der Waals surface area contributed by atoms with Gasteiger partial charge in [0.05, 0.1) is 0 Å². The average Bonchev–Trinajstić information content (AvgIpc) is 2.02. The minimum absolute atomic E-state index is 0.316. The van der Waals surface area contributed by atoms with Crippen LogP contribution in [-0.2, 0) is 0 Å². The van der Waals surface area contributed by atoms with Crippen molar-refractivity contribution in [1.29, 1.82) is 0 Å². The van der Waals surface area contributed by atoms with Crippen molar-refractivity contribution in [2.24, 2.45) is 10.4 Å². The van der Waals surface area contributed by atoms with Crippen molar-refractivity contribution in [2.75, 3.05) is 6.54 Å². The van der Waals surface area contributed by atoms with Gasteiger partial charge in [-0.25, -0.2) is 0 Å². The molecule has 66 valence electrons. The number of allylic oxidation sites excluding steroid dienone is 1. The number of aliphatic imine (C=N–C) groups is 1. The molecule has 0 saturated heterocycles. The fourth-order valence-corrected chi connectivity index (χ4v) is 2.07. The molecule has 0 aromatic heterocycles. The second kappa shape index (κ2) is 2.72. The van der Waals surface area contributed by atoms with Crippen LogP contribution in [-0.4, -0.2) is 12.3 Å². The first-order valence-electron chi connectivity index (χ1n) is 4.93. The van der Waals surface area contributed by atoms with Gasteiger partial charge in [0.1, 0.15) is 0 Å². The highest BCUT2D eigenvalue weighted by molar-refractivity contribution is 6.01. The van der Waals surface area contributed by atoms with Gasteiger partial charge in [-0.05, 0) is 31.3 Å². The Morgan fingerprint density at radius 3 is 2.83 bits per heavy atom. The summed E-state index contributed by atoms with van der Waals surface area (Å²) < 4.78 is 0. The molecule has 1 fully saturated rings. The monoisotopic (exact) mass is 163 g/mol. The number of dihydropyridines is 1. The molecule has 1 aliphatic carbocycles. The lowest BCUT2D eigenvalue weighted by Gasteiger charge is -2.29. The highest BCUT2D eigenvalue weighted by Gasteiger charge is 2.23. The molecule has 12 heavy (non-hydrogen) atoms. The Labute approximate surface area is 74.6 Å². The largest absolute Gasteiger partial charge is 0.289 e. The summed E-state index contributed by atoms with van der Waals surface area (Å²) in [5.74, 6) is 0. The van der Waals surface area contributed by atoms with Crippen LogP contribution in [0, 0.1) is 5.41 Å². The van der Waals surface area contributed by atoms with Crippen molar-refractivity contribution in [3.05, 3.63) is 11.6 Å². The number of hydrogen-bond donors (Lipinski definition) is 0. The van der Waals surface area contributed by atoms with Crippen LogP contribution >= 0.6 is 0 Å². The van der Waals surface area contributed by atoms with E-state index in [9.17, 15) is 0 Å². The zero-order chi connectivity index (χ0) is 8.60.